The van der Waals surface area contributed by atoms with Gasteiger partial charge in [-0.05, 0) is 132 Å². The normalized spacial score (nSPS) is 18.5. The van der Waals surface area contributed by atoms with Gasteiger partial charge >= 0.3 is 24.0 Å². The van der Waals surface area contributed by atoms with E-state index in [4.69, 9.17) is 32.9 Å². The number of carbonyl (C=O) groups is 4. The first-order valence-corrected chi connectivity index (χ1v) is 22.4. The SMILES string of the molecule is CN(CCc1cn(-c2ccc(F)cc2)c2ccc(Cl)cc12)CC[N+]1(OC(=O)/C=C\C(=O)O[N+]2(CCN(C)CCc3cn(-c4ccc(F)cc4)c4ccc(Cl)cc34)CCNC2=O)CCNC1=O. The van der Waals surface area contributed by atoms with Gasteiger partial charge in [0.25, 0.3) is 0 Å². The van der Waals surface area contributed by atoms with Crippen LogP contribution in [0.4, 0.5) is 18.4 Å². The highest BCUT2D eigenvalue weighted by atomic mass is 35.5. The molecule has 2 aromatic heterocycles. The van der Waals surface area contributed by atoms with Crippen molar-refractivity contribution in [1.82, 2.24) is 29.6 Å². The number of rotatable bonds is 18. The number of aromatic nitrogens is 2. The van der Waals surface area contributed by atoms with Gasteiger partial charge in [0, 0.05) is 69.8 Å². The van der Waals surface area contributed by atoms with E-state index >= 15 is 0 Å². The number of hydrogen-bond acceptors (Lipinski definition) is 8. The van der Waals surface area contributed by atoms with Gasteiger partial charge < -0.3 is 18.9 Å². The molecule has 2 N–H and O–H groups in total. The van der Waals surface area contributed by atoms with E-state index in [1.165, 1.54) is 24.3 Å². The minimum Gasteiger partial charge on any atom is -0.316 e. The first-order valence-electron chi connectivity index (χ1n) is 21.6. The van der Waals surface area contributed by atoms with Crippen molar-refractivity contribution in [1.29, 1.82) is 0 Å². The van der Waals surface area contributed by atoms with Crippen LogP contribution in [0, 0.1) is 11.6 Å². The quantitative estimate of drug-likeness (QED) is 0.0677. The Bertz CT molecular complexity index is 2630. The van der Waals surface area contributed by atoms with Crippen molar-refractivity contribution < 1.29 is 46.9 Å². The van der Waals surface area contributed by atoms with Crippen LogP contribution in [0.5, 0.6) is 0 Å². The summed E-state index contributed by atoms with van der Waals surface area (Å²) in [5.41, 5.74) is 5.55. The summed E-state index contributed by atoms with van der Waals surface area (Å²) in [4.78, 5) is 68.2. The molecule has 4 heterocycles. The average Bonchev–Trinajstić information content (AvgIpc) is 4.06. The lowest BCUT2D eigenvalue weighted by atomic mass is 10.1. The van der Waals surface area contributed by atoms with Crippen molar-refractivity contribution in [2.45, 2.75) is 12.8 Å². The molecule has 0 radical (unpaired) electrons. The molecule has 4 amide bonds. The summed E-state index contributed by atoms with van der Waals surface area (Å²) < 4.78 is 30.2. The molecule has 18 heteroatoms. The Hall–Kier alpha value is -6.14. The highest BCUT2D eigenvalue weighted by Crippen LogP contribution is 2.30. The predicted octanol–water partition coefficient (Wildman–Crippen LogP) is 7.36. The van der Waals surface area contributed by atoms with E-state index in [2.05, 4.69) is 10.6 Å². The Morgan fingerprint density at radius 1 is 0.636 bits per heavy atom. The summed E-state index contributed by atoms with van der Waals surface area (Å²) in [6.07, 6.45) is 7.11. The van der Waals surface area contributed by atoms with Crippen LogP contribution in [0.15, 0.2) is 109 Å². The number of urea groups is 2. The zero-order chi connectivity index (χ0) is 46.6. The van der Waals surface area contributed by atoms with Gasteiger partial charge in [-0.2, -0.15) is 0 Å². The Balaban J connectivity index is 0.850. The zero-order valence-corrected chi connectivity index (χ0v) is 38.0. The van der Waals surface area contributed by atoms with Gasteiger partial charge in [-0.3, -0.25) is 20.3 Å². The van der Waals surface area contributed by atoms with E-state index < -0.39 is 33.3 Å². The molecular formula is C48H50Cl2F2N8O6+2. The molecule has 0 saturated carbocycles. The molecule has 2 atom stereocenters. The second kappa shape index (κ2) is 19.8. The Kier molecular flexibility index (Phi) is 13.9. The molecule has 344 valence electrons. The average molecular weight is 944 g/mol. The van der Waals surface area contributed by atoms with Crippen LogP contribution in [-0.4, -0.2) is 132 Å². The number of quaternary nitrogens is 2. The van der Waals surface area contributed by atoms with Crippen LogP contribution in [0.2, 0.25) is 10.0 Å². The van der Waals surface area contributed by atoms with E-state index in [0.717, 1.165) is 56.5 Å². The lowest BCUT2D eigenvalue weighted by molar-refractivity contribution is -1.02. The number of nitrogens with one attached hydrogen (secondary N) is 2. The standard InChI is InChI=1S/C48H48Cl2F2N8O6/c1-55(21-17-33-31-57(39-9-5-37(51)6-10-39)43-13-3-35(49)29-41(33)43)23-27-59(25-19-53-47(59)63)65-45(61)15-16-46(62)66-60(26-20-54-48(60)64)28-24-56(2)22-18-34-32-58(40-11-7-38(52)8-12-40)44-14-4-36(50)30-42(34)44/h3-16,29-32H,17-28H2,1-2H3/p+2/b16-15-. The maximum atomic E-state index is 13.7. The highest BCUT2D eigenvalue weighted by Gasteiger charge is 2.48. The summed E-state index contributed by atoms with van der Waals surface area (Å²) in [7, 11) is 3.82. The third kappa shape index (κ3) is 10.3. The number of carbonyl (C=O) groups excluding carboxylic acids is 4. The number of amides is 4. The van der Waals surface area contributed by atoms with Gasteiger partial charge in [-0.25, -0.2) is 28.0 Å². The third-order valence-corrected chi connectivity index (χ3v) is 12.7. The molecule has 2 fully saturated rings. The van der Waals surface area contributed by atoms with Crippen LogP contribution in [0.3, 0.4) is 0 Å². The molecule has 2 aliphatic rings. The predicted molar refractivity (Wildman–Crippen MR) is 247 cm³/mol. The molecule has 4 aromatic carbocycles. The van der Waals surface area contributed by atoms with Crippen molar-refractivity contribution in [2.24, 2.45) is 0 Å². The number of likely N-dealkylation sites (N-methyl/N-ethyl adjacent to an activating group) is 2. The topological polar surface area (TPSA) is 127 Å². The van der Waals surface area contributed by atoms with Crippen molar-refractivity contribution in [2.75, 3.05) is 79.5 Å². The summed E-state index contributed by atoms with van der Waals surface area (Å²) >= 11 is 12.8. The summed E-state index contributed by atoms with van der Waals surface area (Å²) in [5.74, 6) is -2.48. The zero-order valence-electron chi connectivity index (χ0n) is 36.5. The molecule has 2 aliphatic heterocycles. The van der Waals surface area contributed by atoms with Crippen LogP contribution in [0.25, 0.3) is 33.2 Å². The molecule has 8 rings (SSSR count). The van der Waals surface area contributed by atoms with Gasteiger partial charge in [0.05, 0.1) is 37.2 Å². The minimum absolute atomic E-state index is 0.146. The fourth-order valence-electron chi connectivity index (χ4n) is 8.49. The van der Waals surface area contributed by atoms with E-state index in [1.807, 2.05) is 81.8 Å². The van der Waals surface area contributed by atoms with Gasteiger partial charge in [-0.15, -0.1) is 0 Å². The van der Waals surface area contributed by atoms with Crippen molar-refractivity contribution in [3.63, 3.8) is 0 Å². The van der Waals surface area contributed by atoms with Gasteiger partial charge in [0.2, 0.25) is 0 Å². The number of fused-ring (bicyclic) bond motifs is 2. The van der Waals surface area contributed by atoms with Gasteiger partial charge in [0.1, 0.15) is 37.8 Å². The molecule has 0 spiro atoms. The lowest BCUT2D eigenvalue weighted by Crippen LogP contribution is -2.55. The third-order valence-electron chi connectivity index (χ3n) is 12.2. The van der Waals surface area contributed by atoms with Crippen molar-refractivity contribution >= 4 is 69.0 Å². The van der Waals surface area contributed by atoms with Crippen molar-refractivity contribution in [3.05, 3.63) is 142 Å². The molecule has 2 unspecified atom stereocenters. The summed E-state index contributed by atoms with van der Waals surface area (Å²) in [6.45, 7) is 3.24. The fraction of sp³-hybridized carbons (Fsp3) is 0.292. The monoisotopic (exact) mass is 942 g/mol. The largest absolute Gasteiger partial charge is 0.458 e. The molecule has 0 bridgehead atoms. The molecule has 0 aliphatic carbocycles. The van der Waals surface area contributed by atoms with E-state index in [1.54, 1.807) is 24.3 Å². The van der Waals surface area contributed by atoms with E-state index in [9.17, 15) is 28.0 Å². The van der Waals surface area contributed by atoms with Crippen LogP contribution in [-0.2, 0) is 32.1 Å². The number of halogens is 4. The fourth-order valence-corrected chi connectivity index (χ4v) is 8.84. The number of hydrogen-bond donors (Lipinski definition) is 2. The summed E-state index contributed by atoms with van der Waals surface area (Å²) in [5, 5.41) is 8.61. The molecular weight excluding hydrogens is 893 g/mol. The number of benzene rings is 4. The molecule has 14 nitrogen and oxygen atoms in total. The van der Waals surface area contributed by atoms with Gasteiger partial charge in [-0.1, -0.05) is 23.2 Å². The second-order valence-corrected chi connectivity index (χ2v) is 17.6. The smallest absolute Gasteiger partial charge is 0.316 e. The first-order chi connectivity index (χ1) is 31.7. The van der Waals surface area contributed by atoms with Gasteiger partial charge in [0.15, 0.2) is 0 Å². The van der Waals surface area contributed by atoms with Crippen LogP contribution >= 0.6 is 23.2 Å². The molecule has 6 aromatic rings. The van der Waals surface area contributed by atoms with Crippen LogP contribution < -0.4 is 10.6 Å². The highest BCUT2D eigenvalue weighted by molar-refractivity contribution is 6.31. The first kappa shape index (κ1) is 46.4. The maximum Gasteiger partial charge on any atom is 0.458 e. The Labute approximate surface area is 390 Å². The molecule has 66 heavy (non-hydrogen) atoms. The summed E-state index contributed by atoms with van der Waals surface area (Å²) in [6, 6.07) is 22.9. The van der Waals surface area contributed by atoms with Crippen molar-refractivity contribution in [3.8, 4) is 11.4 Å². The maximum absolute atomic E-state index is 13.7. The van der Waals surface area contributed by atoms with Crippen LogP contribution in [0.1, 0.15) is 11.1 Å². The van der Waals surface area contributed by atoms with E-state index in [-0.39, 0.29) is 37.8 Å². The minimum atomic E-state index is -0.920. The second-order valence-electron chi connectivity index (χ2n) is 16.7. The number of nitrogens with zero attached hydrogens (tertiary/aromatic N) is 6. The lowest BCUT2D eigenvalue weighted by Gasteiger charge is -2.28. The van der Waals surface area contributed by atoms with E-state index in [0.29, 0.717) is 62.2 Å². The number of hydroxylamine groups is 6. The Morgan fingerprint density at radius 2 is 1.03 bits per heavy atom. The molecule has 2 saturated heterocycles. The Morgan fingerprint density at radius 3 is 1.39 bits per heavy atom.